The molecule has 1 N–H and O–H groups in total. The fourth-order valence-corrected chi connectivity index (χ4v) is 1.52. The number of carboxylic acid groups (broad SMARTS) is 1. The van der Waals surface area contributed by atoms with Crippen LogP contribution in [0.15, 0.2) is 18.5 Å². The normalized spacial score (nSPS) is 15.2. The highest BCUT2D eigenvalue weighted by molar-refractivity contribution is 5.94. The topological polar surface area (TPSA) is 53.4 Å². The monoisotopic (exact) mass is 192 g/mol. The van der Waals surface area contributed by atoms with Gasteiger partial charge in [-0.3, -0.25) is 4.98 Å². The molecule has 0 aromatic carbocycles. The molecule has 4 nitrogen and oxygen atoms in total. The molecule has 1 heterocycles. The van der Waals surface area contributed by atoms with E-state index < -0.39 is 5.97 Å². The van der Waals surface area contributed by atoms with E-state index in [1.165, 1.54) is 6.20 Å². The van der Waals surface area contributed by atoms with Crippen LogP contribution in [0, 0.1) is 0 Å². The predicted molar refractivity (Wildman–Crippen MR) is 52.6 cm³/mol. The summed E-state index contributed by atoms with van der Waals surface area (Å²) in [4.78, 5) is 16.7. The van der Waals surface area contributed by atoms with Crippen LogP contribution in [0.2, 0.25) is 0 Å². The van der Waals surface area contributed by atoms with Crippen LogP contribution < -0.4 is 4.90 Å². The van der Waals surface area contributed by atoms with Crippen LogP contribution in [-0.2, 0) is 0 Å². The Bertz CT molecular complexity index is 361. The number of hydrogen-bond acceptors (Lipinski definition) is 3. The van der Waals surface area contributed by atoms with Crippen molar-refractivity contribution in [3.05, 3.63) is 24.0 Å². The SMILES string of the molecule is CN(c1ccncc1C(=O)O)C1CC1. The lowest BCUT2D eigenvalue weighted by atomic mass is 10.2. The largest absolute Gasteiger partial charge is 0.478 e. The molecule has 2 rings (SSSR count). The molecule has 0 amide bonds. The zero-order valence-electron chi connectivity index (χ0n) is 7.97. The molecular weight excluding hydrogens is 180 g/mol. The molecule has 0 bridgehead atoms. The summed E-state index contributed by atoms with van der Waals surface area (Å²) in [6, 6.07) is 2.26. The summed E-state index contributed by atoms with van der Waals surface area (Å²) in [7, 11) is 1.93. The van der Waals surface area contributed by atoms with E-state index in [1.807, 2.05) is 11.9 Å². The first kappa shape index (κ1) is 8.99. The van der Waals surface area contributed by atoms with Gasteiger partial charge in [0.1, 0.15) is 5.56 Å². The van der Waals surface area contributed by atoms with Crippen LogP contribution in [0.25, 0.3) is 0 Å². The van der Waals surface area contributed by atoms with E-state index in [1.54, 1.807) is 12.3 Å². The maximum Gasteiger partial charge on any atom is 0.339 e. The number of rotatable bonds is 3. The Morgan fingerprint density at radius 3 is 2.93 bits per heavy atom. The molecule has 0 unspecified atom stereocenters. The second-order valence-electron chi connectivity index (χ2n) is 3.54. The third-order valence-corrected chi connectivity index (χ3v) is 2.50. The van der Waals surface area contributed by atoms with Crippen LogP contribution in [0.5, 0.6) is 0 Å². The van der Waals surface area contributed by atoms with Gasteiger partial charge in [-0.1, -0.05) is 0 Å². The van der Waals surface area contributed by atoms with Gasteiger partial charge in [-0.25, -0.2) is 4.79 Å². The summed E-state index contributed by atoms with van der Waals surface area (Å²) in [5.41, 5.74) is 1.04. The summed E-state index contributed by atoms with van der Waals surface area (Å²) in [5, 5.41) is 8.95. The molecule has 1 aliphatic rings. The summed E-state index contributed by atoms with van der Waals surface area (Å²) in [6.07, 6.45) is 5.33. The standard InChI is InChI=1S/C10H12N2O2/c1-12(7-2-3-7)9-4-5-11-6-8(9)10(13)14/h4-7H,2-3H2,1H3,(H,13,14). The van der Waals surface area contributed by atoms with Crippen LogP contribution in [0.4, 0.5) is 5.69 Å². The number of anilines is 1. The molecule has 1 aromatic heterocycles. The maximum absolute atomic E-state index is 10.9. The quantitative estimate of drug-likeness (QED) is 0.786. The summed E-state index contributed by atoms with van der Waals surface area (Å²) in [5.74, 6) is -0.916. The molecule has 1 aliphatic carbocycles. The van der Waals surface area contributed by atoms with E-state index in [4.69, 9.17) is 5.11 Å². The molecule has 0 radical (unpaired) electrons. The molecule has 0 atom stereocenters. The Morgan fingerprint density at radius 2 is 2.36 bits per heavy atom. The van der Waals surface area contributed by atoms with Gasteiger partial charge in [-0.05, 0) is 18.9 Å². The summed E-state index contributed by atoms with van der Waals surface area (Å²) in [6.45, 7) is 0. The van der Waals surface area contributed by atoms with Crippen LogP contribution in [-0.4, -0.2) is 29.1 Å². The van der Waals surface area contributed by atoms with Gasteiger partial charge in [0.05, 0.1) is 5.69 Å². The maximum atomic E-state index is 10.9. The van der Waals surface area contributed by atoms with Gasteiger partial charge < -0.3 is 10.0 Å². The van der Waals surface area contributed by atoms with Crippen molar-refractivity contribution in [2.45, 2.75) is 18.9 Å². The van der Waals surface area contributed by atoms with E-state index in [0.29, 0.717) is 6.04 Å². The van der Waals surface area contributed by atoms with Crippen molar-refractivity contribution in [1.29, 1.82) is 0 Å². The van der Waals surface area contributed by atoms with E-state index >= 15 is 0 Å². The minimum absolute atomic E-state index is 0.280. The van der Waals surface area contributed by atoms with E-state index in [9.17, 15) is 4.79 Å². The van der Waals surface area contributed by atoms with Gasteiger partial charge in [0.25, 0.3) is 0 Å². The lowest BCUT2D eigenvalue weighted by molar-refractivity contribution is 0.0697. The van der Waals surface area contributed by atoms with E-state index in [-0.39, 0.29) is 5.56 Å². The Morgan fingerprint density at radius 1 is 1.64 bits per heavy atom. The van der Waals surface area contributed by atoms with Crippen molar-refractivity contribution >= 4 is 11.7 Å². The lowest BCUT2D eigenvalue weighted by Crippen LogP contribution is -2.22. The number of nitrogens with zero attached hydrogens (tertiary/aromatic N) is 2. The molecule has 0 saturated heterocycles. The predicted octanol–water partition coefficient (Wildman–Crippen LogP) is 1.38. The molecule has 1 saturated carbocycles. The number of carbonyl (C=O) groups is 1. The summed E-state index contributed by atoms with van der Waals surface area (Å²) < 4.78 is 0. The average Bonchev–Trinajstić information content (AvgIpc) is 3.00. The average molecular weight is 192 g/mol. The molecule has 14 heavy (non-hydrogen) atoms. The molecule has 0 aliphatic heterocycles. The molecule has 4 heteroatoms. The minimum Gasteiger partial charge on any atom is -0.478 e. The van der Waals surface area contributed by atoms with Gasteiger partial charge in [-0.15, -0.1) is 0 Å². The second kappa shape index (κ2) is 3.29. The van der Waals surface area contributed by atoms with Crippen molar-refractivity contribution in [2.75, 3.05) is 11.9 Å². The number of aromatic nitrogens is 1. The highest BCUT2D eigenvalue weighted by atomic mass is 16.4. The van der Waals surface area contributed by atoms with Crippen molar-refractivity contribution in [3.8, 4) is 0 Å². The number of pyridine rings is 1. The molecule has 74 valence electrons. The molecule has 1 fully saturated rings. The first-order valence-corrected chi connectivity index (χ1v) is 4.60. The summed E-state index contributed by atoms with van der Waals surface area (Å²) >= 11 is 0. The lowest BCUT2D eigenvalue weighted by Gasteiger charge is -2.19. The van der Waals surface area contributed by atoms with Gasteiger partial charge >= 0.3 is 5.97 Å². The Labute approximate surface area is 82.2 Å². The van der Waals surface area contributed by atoms with Crippen LogP contribution in [0.1, 0.15) is 23.2 Å². The number of aromatic carboxylic acids is 1. The van der Waals surface area contributed by atoms with Gasteiger partial charge in [-0.2, -0.15) is 0 Å². The van der Waals surface area contributed by atoms with Crippen LogP contribution >= 0.6 is 0 Å². The smallest absolute Gasteiger partial charge is 0.339 e. The van der Waals surface area contributed by atoms with Crippen molar-refractivity contribution in [3.63, 3.8) is 0 Å². The highest BCUT2D eigenvalue weighted by Gasteiger charge is 2.28. The molecule has 0 spiro atoms. The Hall–Kier alpha value is -1.58. The zero-order valence-corrected chi connectivity index (χ0v) is 7.97. The Balaban J connectivity index is 2.34. The minimum atomic E-state index is -0.916. The fraction of sp³-hybridized carbons (Fsp3) is 0.400. The van der Waals surface area contributed by atoms with E-state index in [2.05, 4.69) is 4.98 Å². The number of carboxylic acids is 1. The van der Waals surface area contributed by atoms with Gasteiger partial charge in [0.2, 0.25) is 0 Å². The number of hydrogen-bond donors (Lipinski definition) is 1. The van der Waals surface area contributed by atoms with Gasteiger partial charge in [0.15, 0.2) is 0 Å². The first-order chi connectivity index (χ1) is 6.70. The Kier molecular flexibility index (Phi) is 2.11. The second-order valence-corrected chi connectivity index (χ2v) is 3.54. The van der Waals surface area contributed by atoms with Crippen molar-refractivity contribution in [2.24, 2.45) is 0 Å². The molecular formula is C10H12N2O2. The van der Waals surface area contributed by atoms with Gasteiger partial charge in [0, 0.05) is 25.5 Å². The third kappa shape index (κ3) is 1.55. The van der Waals surface area contributed by atoms with Crippen LogP contribution in [0.3, 0.4) is 0 Å². The molecule has 1 aromatic rings. The van der Waals surface area contributed by atoms with E-state index in [0.717, 1.165) is 18.5 Å². The van der Waals surface area contributed by atoms with Crippen molar-refractivity contribution < 1.29 is 9.90 Å². The fourth-order valence-electron chi connectivity index (χ4n) is 1.52. The van der Waals surface area contributed by atoms with Crippen molar-refractivity contribution in [1.82, 2.24) is 4.98 Å². The first-order valence-electron chi connectivity index (χ1n) is 4.60. The highest BCUT2D eigenvalue weighted by Crippen LogP contribution is 2.31. The zero-order chi connectivity index (χ0) is 10.1. The third-order valence-electron chi connectivity index (χ3n) is 2.50.